The number of nitrogens with zero attached hydrogens (tertiary/aromatic N) is 2. The van der Waals surface area contributed by atoms with Gasteiger partial charge in [0.15, 0.2) is 0 Å². The fourth-order valence-electron chi connectivity index (χ4n) is 3.61. The fourth-order valence-corrected chi connectivity index (χ4v) is 4.62. The van der Waals surface area contributed by atoms with Crippen molar-refractivity contribution in [3.05, 3.63) is 94.3 Å². The fraction of sp³-hybridized carbons (Fsp3) is 0.0800. The van der Waals surface area contributed by atoms with Crippen molar-refractivity contribution in [1.29, 1.82) is 0 Å². The molecule has 0 saturated heterocycles. The predicted molar refractivity (Wildman–Crippen MR) is 130 cm³/mol. The van der Waals surface area contributed by atoms with Crippen LogP contribution < -0.4 is 9.64 Å². The highest BCUT2D eigenvalue weighted by molar-refractivity contribution is 9.10. The summed E-state index contributed by atoms with van der Waals surface area (Å²) in [6.45, 7) is 1.52. The van der Waals surface area contributed by atoms with Gasteiger partial charge < -0.3 is 9.64 Å². The van der Waals surface area contributed by atoms with E-state index >= 15 is 0 Å². The summed E-state index contributed by atoms with van der Waals surface area (Å²) in [5.41, 5.74) is 4.42. The third kappa shape index (κ3) is 3.91. The molecule has 0 bridgehead atoms. The molecule has 0 radical (unpaired) electrons. The smallest absolute Gasteiger partial charge is 0.141 e. The lowest BCUT2D eigenvalue weighted by Crippen LogP contribution is -2.27. The Labute approximate surface area is 188 Å². The molecule has 5 heteroatoms. The highest BCUT2D eigenvalue weighted by Gasteiger charge is 2.19. The Morgan fingerprint density at radius 3 is 2.63 bits per heavy atom. The third-order valence-corrected chi connectivity index (χ3v) is 6.46. The highest BCUT2D eigenvalue weighted by atomic mass is 79.9. The second-order valence-electron chi connectivity index (χ2n) is 7.01. The van der Waals surface area contributed by atoms with Gasteiger partial charge in [-0.25, -0.2) is 0 Å². The lowest BCUT2D eigenvalue weighted by molar-refractivity contribution is 0.477. The second-order valence-corrected chi connectivity index (χ2v) is 8.87. The number of benzene rings is 3. The van der Waals surface area contributed by atoms with Gasteiger partial charge in [0.1, 0.15) is 11.5 Å². The van der Waals surface area contributed by atoms with Gasteiger partial charge in [0.25, 0.3) is 0 Å². The van der Waals surface area contributed by atoms with E-state index in [2.05, 4.69) is 79.7 Å². The van der Waals surface area contributed by atoms with E-state index < -0.39 is 0 Å². The topological polar surface area (TPSA) is 24.8 Å². The van der Waals surface area contributed by atoms with Crippen LogP contribution in [0, 0.1) is 0 Å². The van der Waals surface area contributed by atoms with E-state index in [-0.39, 0.29) is 0 Å². The third-order valence-electron chi connectivity index (χ3n) is 5.03. The van der Waals surface area contributed by atoms with E-state index in [0.29, 0.717) is 0 Å². The summed E-state index contributed by atoms with van der Waals surface area (Å²) in [7, 11) is 0. The summed E-state index contributed by atoms with van der Waals surface area (Å²) in [4.78, 5) is 8.08. The maximum Gasteiger partial charge on any atom is 0.141 e. The van der Waals surface area contributed by atoms with Crippen molar-refractivity contribution in [3.63, 3.8) is 0 Å². The average molecular weight is 475 g/mol. The van der Waals surface area contributed by atoms with Crippen molar-refractivity contribution in [2.45, 2.75) is 6.54 Å². The molecule has 3 aromatic carbocycles. The number of rotatable bonds is 5. The lowest BCUT2D eigenvalue weighted by Gasteiger charge is -2.28. The highest BCUT2D eigenvalue weighted by Crippen LogP contribution is 2.40. The van der Waals surface area contributed by atoms with Gasteiger partial charge >= 0.3 is 0 Å². The minimum atomic E-state index is 0.744. The van der Waals surface area contributed by atoms with Crippen LogP contribution in [0.25, 0.3) is 10.4 Å². The molecule has 0 atom stereocenters. The number of aliphatic imine (C=N–C) groups is 1. The van der Waals surface area contributed by atoms with Crippen LogP contribution in [0.3, 0.4) is 0 Å². The maximum atomic E-state index is 6.47. The Hall–Kier alpha value is -2.89. The molecule has 0 fully saturated rings. The molecular formula is C25H19BrN2OS. The molecule has 4 aromatic rings. The standard InChI is InChI=1S/C25H19BrN2OS/c26-19-10-12-20(13-11-19)29-25-18(5-3-6-21(25)24-9-4-16-30-24)17-28-15-14-27-22-7-1-2-8-23(22)28/h1-14,16H,15,17H2. The average Bonchev–Trinajstić information content (AvgIpc) is 3.31. The predicted octanol–water partition coefficient (Wildman–Crippen LogP) is 7.69. The number of para-hydroxylation sites is 3. The minimum Gasteiger partial charge on any atom is -0.456 e. The van der Waals surface area contributed by atoms with E-state index in [0.717, 1.165) is 51.6 Å². The SMILES string of the molecule is Brc1ccc(Oc2c(CN3CC=Nc4ccccc43)cccc2-c2cccs2)cc1. The number of hydrogen-bond acceptors (Lipinski definition) is 4. The molecule has 0 N–H and O–H groups in total. The first-order chi connectivity index (χ1) is 14.8. The van der Waals surface area contributed by atoms with Crippen LogP contribution in [0.5, 0.6) is 11.5 Å². The van der Waals surface area contributed by atoms with Gasteiger partial charge in [0.05, 0.1) is 17.9 Å². The monoisotopic (exact) mass is 474 g/mol. The van der Waals surface area contributed by atoms with Crippen molar-refractivity contribution in [3.8, 4) is 21.9 Å². The number of fused-ring (bicyclic) bond motifs is 1. The molecule has 2 heterocycles. The van der Waals surface area contributed by atoms with E-state index in [9.17, 15) is 0 Å². The molecule has 0 unspecified atom stereocenters. The van der Waals surface area contributed by atoms with Gasteiger partial charge in [0.2, 0.25) is 0 Å². The molecule has 0 aliphatic carbocycles. The van der Waals surface area contributed by atoms with Crippen LogP contribution in [0.2, 0.25) is 0 Å². The molecule has 1 aliphatic rings. The largest absolute Gasteiger partial charge is 0.456 e. The molecule has 30 heavy (non-hydrogen) atoms. The molecule has 0 amide bonds. The quantitative estimate of drug-likeness (QED) is 0.296. The summed E-state index contributed by atoms with van der Waals surface area (Å²) >= 11 is 5.22. The van der Waals surface area contributed by atoms with Crippen LogP contribution in [0.1, 0.15) is 5.56 Å². The molecule has 5 rings (SSSR count). The zero-order valence-electron chi connectivity index (χ0n) is 16.2. The summed E-state index contributed by atoms with van der Waals surface area (Å²) < 4.78 is 7.51. The van der Waals surface area contributed by atoms with Crippen molar-refractivity contribution in [1.82, 2.24) is 0 Å². The number of hydrogen-bond donors (Lipinski definition) is 0. The van der Waals surface area contributed by atoms with E-state index in [1.165, 1.54) is 4.88 Å². The molecule has 3 nitrogen and oxygen atoms in total. The van der Waals surface area contributed by atoms with Gasteiger partial charge in [-0.1, -0.05) is 46.3 Å². The molecule has 1 aromatic heterocycles. The summed E-state index contributed by atoms with van der Waals surface area (Å²) in [5.74, 6) is 1.73. The summed E-state index contributed by atoms with van der Waals surface area (Å²) in [6, 6.07) is 26.9. The first kappa shape index (κ1) is 19.1. The number of thiophene rings is 1. The lowest BCUT2D eigenvalue weighted by atomic mass is 10.1. The number of halogens is 1. The van der Waals surface area contributed by atoms with Crippen molar-refractivity contribution in [2.75, 3.05) is 11.4 Å². The normalized spacial score (nSPS) is 12.6. The van der Waals surface area contributed by atoms with Crippen LogP contribution in [-0.4, -0.2) is 12.8 Å². The molecule has 0 spiro atoms. The summed E-state index contributed by atoms with van der Waals surface area (Å²) in [5, 5.41) is 2.10. The number of anilines is 1. The molecular weight excluding hydrogens is 456 g/mol. The first-order valence-electron chi connectivity index (χ1n) is 9.73. The van der Waals surface area contributed by atoms with Crippen LogP contribution >= 0.6 is 27.3 Å². The van der Waals surface area contributed by atoms with Crippen molar-refractivity contribution >= 4 is 44.9 Å². The van der Waals surface area contributed by atoms with Gasteiger partial charge in [0, 0.05) is 33.2 Å². The molecule has 148 valence electrons. The maximum absolute atomic E-state index is 6.47. The zero-order valence-corrected chi connectivity index (χ0v) is 18.6. The van der Waals surface area contributed by atoms with E-state index in [4.69, 9.17) is 4.74 Å². The van der Waals surface area contributed by atoms with Gasteiger partial charge in [-0.05, 0) is 53.9 Å². The summed E-state index contributed by atoms with van der Waals surface area (Å²) in [6.07, 6.45) is 1.97. The Morgan fingerprint density at radius 1 is 0.933 bits per heavy atom. The van der Waals surface area contributed by atoms with Crippen LogP contribution in [0.15, 0.2) is 93.7 Å². The van der Waals surface area contributed by atoms with Crippen LogP contribution in [0.4, 0.5) is 11.4 Å². The Kier molecular flexibility index (Phi) is 5.39. The van der Waals surface area contributed by atoms with Crippen molar-refractivity contribution < 1.29 is 4.74 Å². The Morgan fingerprint density at radius 2 is 1.80 bits per heavy atom. The van der Waals surface area contributed by atoms with E-state index in [1.807, 2.05) is 36.5 Å². The zero-order chi connectivity index (χ0) is 20.3. The van der Waals surface area contributed by atoms with E-state index in [1.54, 1.807) is 11.3 Å². The Bertz CT molecular complexity index is 1190. The van der Waals surface area contributed by atoms with Crippen molar-refractivity contribution in [2.24, 2.45) is 4.99 Å². The number of ether oxygens (including phenoxy) is 1. The molecule has 0 saturated carbocycles. The first-order valence-corrected chi connectivity index (χ1v) is 11.4. The van der Waals surface area contributed by atoms with Gasteiger partial charge in [-0.15, -0.1) is 11.3 Å². The Balaban J connectivity index is 1.55. The van der Waals surface area contributed by atoms with Gasteiger partial charge in [-0.3, -0.25) is 4.99 Å². The second kappa shape index (κ2) is 8.46. The molecule has 1 aliphatic heterocycles. The van der Waals surface area contributed by atoms with Gasteiger partial charge in [-0.2, -0.15) is 0 Å². The van der Waals surface area contributed by atoms with Crippen LogP contribution in [-0.2, 0) is 6.54 Å². The minimum absolute atomic E-state index is 0.744.